The van der Waals surface area contributed by atoms with Crippen molar-refractivity contribution in [3.05, 3.63) is 35.7 Å². The molecule has 0 unspecified atom stereocenters. The number of nitrogens with one attached hydrogen (secondary N) is 2. The molecule has 2 aromatic rings. The minimum atomic E-state index is -0.356. The number of rotatable bonds is 5. The fourth-order valence-corrected chi connectivity index (χ4v) is 1.59. The van der Waals surface area contributed by atoms with Gasteiger partial charge in [0.2, 0.25) is 5.88 Å². The van der Waals surface area contributed by atoms with Gasteiger partial charge in [0.05, 0.1) is 6.10 Å². The standard InChI is InChI=1S/C14H18N4O3/c1-9(2)20-13-5-4-11(7-15-13)8-16-14(19)17-12-6-10(3)21-18-12/h4-7,9H,8H2,1-3H3,(H2,16,17,18,19). The molecule has 0 bridgehead atoms. The molecule has 2 N–H and O–H groups in total. The van der Waals surface area contributed by atoms with Crippen LogP contribution in [0.5, 0.6) is 5.88 Å². The molecule has 7 heteroatoms. The zero-order chi connectivity index (χ0) is 15.2. The summed E-state index contributed by atoms with van der Waals surface area (Å²) in [6.45, 7) is 5.99. The normalized spacial score (nSPS) is 10.5. The smallest absolute Gasteiger partial charge is 0.320 e. The molecule has 0 radical (unpaired) electrons. The van der Waals surface area contributed by atoms with Crippen LogP contribution in [0.15, 0.2) is 28.9 Å². The third kappa shape index (κ3) is 4.79. The minimum Gasteiger partial charge on any atom is -0.475 e. The van der Waals surface area contributed by atoms with Gasteiger partial charge in [-0.05, 0) is 26.3 Å². The Morgan fingerprint density at radius 3 is 2.81 bits per heavy atom. The van der Waals surface area contributed by atoms with Gasteiger partial charge in [-0.15, -0.1) is 0 Å². The van der Waals surface area contributed by atoms with Crippen molar-refractivity contribution in [2.75, 3.05) is 5.32 Å². The second kappa shape index (κ2) is 6.74. The number of ether oxygens (including phenoxy) is 1. The number of aromatic nitrogens is 2. The highest BCUT2D eigenvalue weighted by atomic mass is 16.5. The van der Waals surface area contributed by atoms with Crippen molar-refractivity contribution in [1.82, 2.24) is 15.5 Å². The quantitative estimate of drug-likeness (QED) is 0.883. The van der Waals surface area contributed by atoms with Crippen LogP contribution in [-0.2, 0) is 6.54 Å². The Morgan fingerprint density at radius 2 is 2.24 bits per heavy atom. The minimum absolute atomic E-state index is 0.0816. The first-order valence-corrected chi connectivity index (χ1v) is 6.62. The maximum Gasteiger partial charge on any atom is 0.320 e. The zero-order valence-electron chi connectivity index (χ0n) is 12.2. The summed E-state index contributed by atoms with van der Waals surface area (Å²) in [6, 6.07) is 4.91. The molecule has 2 aromatic heterocycles. The van der Waals surface area contributed by atoms with Gasteiger partial charge in [0.15, 0.2) is 5.82 Å². The van der Waals surface area contributed by atoms with E-state index in [0.29, 0.717) is 24.0 Å². The first-order chi connectivity index (χ1) is 10.0. The molecule has 0 aliphatic carbocycles. The lowest BCUT2D eigenvalue weighted by molar-refractivity contribution is 0.232. The summed E-state index contributed by atoms with van der Waals surface area (Å²) in [5.41, 5.74) is 0.873. The largest absolute Gasteiger partial charge is 0.475 e. The SMILES string of the molecule is Cc1cc(NC(=O)NCc2ccc(OC(C)C)nc2)no1. The van der Waals surface area contributed by atoms with Crippen LogP contribution in [0.2, 0.25) is 0 Å². The predicted octanol–water partition coefficient (Wildman–Crippen LogP) is 2.49. The highest BCUT2D eigenvalue weighted by Gasteiger charge is 2.06. The third-order valence-corrected chi connectivity index (χ3v) is 2.48. The second-order valence-corrected chi connectivity index (χ2v) is 4.80. The maximum atomic E-state index is 11.7. The number of carbonyl (C=O) groups is 1. The maximum absolute atomic E-state index is 11.7. The first-order valence-electron chi connectivity index (χ1n) is 6.62. The van der Waals surface area contributed by atoms with Crippen LogP contribution in [0.1, 0.15) is 25.2 Å². The highest BCUT2D eigenvalue weighted by molar-refractivity contribution is 5.88. The molecule has 0 aliphatic rings. The lowest BCUT2D eigenvalue weighted by Gasteiger charge is -2.09. The number of anilines is 1. The van der Waals surface area contributed by atoms with Crippen molar-refractivity contribution >= 4 is 11.8 Å². The third-order valence-electron chi connectivity index (χ3n) is 2.48. The molecule has 21 heavy (non-hydrogen) atoms. The fourth-order valence-electron chi connectivity index (χ4n) is 1.59. The van der Waals surface area contributed by atoms with Crippen molar-refractivity contribution in [2.24, 2.45) is 0 Å². The zero-order valence-corrected chi connectivity index (χ0v) is 12.2. The number of carbonyl (C=O) groups excluding carboxylic acids is 1. The Bertz CT molecular complexity index is 593. The monoisotopic (exact) mass is 290 g/mol. The lowest BCUT2D eigenvalue weighted by Crippen LogP contribution is -2.28. The molecule has 2 heterocycles. The van der Waals surface area contributed by atoms with Gasteiger partial charge in [-0.2, -0.15) is 0 Å². The van der Waals surface area contributed by atoms with E-state index < -0.39 is 0 Å². The van der Waals surface area contributed by atoms with E-state index in [2.05, 4.69) is 20.8 Å². The second-order valence-electron chi connectivity index (χ2n) is 4.80. The Hall–Kier alpha value is -2.57. The fraction of sp³-hybridized carbons (Fsp3) is 0.357. The van der Waals surface area contributed by atoms with E-state index in [0.717, 1.165) is 5.56 Å². The molecule has 0 aromatic carbocycles. The number of pyridine rings is 1. The topological polar surface area (TPSA) is 89.3 Å². The van der Waals surface area contributed by atoms with E-state index in [1.54, 1.807) is 25.3 Å². The van der Waals surface area contributed by atoms with E-state index in [9.17, 15) is 4.79 Å². The van der Waals surface area contributed by atoms with Gasteiger partial charge in [-0.25, -0.2) is 9.78 Å². The van der Waals surface area contributed by atoms with E-state index in [-0.39, 0.29) is 12.1 Å². The molecule has 0 atom stereocenters. The molecule has 0 saturated heterocycles. The molecule has 112 valence electrons. The van der Waals surface area contributed by atoms with Crippen LogP contribution in [-0.4, -0.2) is 22.3 Å². The molecule has 0 saturated carbocycles. The van der Waals surface area contributed by atoms with Crippen LogP contribution in [0.25, 0.3) is 0 Å². The number of amides is 2. The number of aryl methyl sites for hydroxylation is 1. The van der Waals surface area contributed by atoms with Crippen LogP contribution >= 0.6 is 0 Å². The first kappa shape index (κ1) is 14.8. The van der Waals surface area contributed by atoms with E-state index >= 15 is 0 Å². The summed E-state index contributed by atoms with van der Waals surface area (Å²) in [5, 5.41) is 8.95. The molecule has 2 amide bonds. The lowest BCUT2D eigenvalue weighted by atomic mass is 10.3. The van der Waals surface area contributed by atoms with Crippen LogP contribution < -0.4 is 15.4 Å². The van der Waals surface area contributed by atoms with Gasteiger partial charge < -0.3 is 14.6 Å². The van der Waals surface area contributed by atoms with Crippen molar-refractivity contribution in [2.45, 2.75) is 33.4 Å². The Morgan fingerprint density at radius 1 is 1.43 bits per heavy atom. The van der Waals surface area contributed by atoms with Gasteiger partial charge in [-0.3, -0.25) is 5.32 Å². The average molecular weight is 290 g/mol. The number of hydrogen-bond acceptors (Lipinski definition) is 5. The Labute approximate surface area is 122 Å². The van der Waals surface area contributed by atoms with Crippen LogP contribution in [0.3, 0.4) is 0 Å². The summed E-state index contributed by atoms with van der Waals surface area (Å²) in [7, 11) is 0. The molecule has 7 nitrogen and oxygen atoms in total. The van der Waals surface area contributed by atoms with Crippen molar-refractivity contribution in [3.8, 4) is 5.88 Å². The van der Waals surface area contributed by atoms with E-state index in [1.165, 1.54) is 0 Å². The number of hydrogen-bond donors (Lipinski definition) is 2. The molecule has 0 aliphatic heterocycles. The molecule has 0 spiro atoms. The predicted molar refractivity (Wildman–Crippen MR) is 77.1 cm³/mol. The molecule has 0 fully saturated rings. The van der Waals surface area contributed by atoms with Gasteiger partial charge >= 0.3 is 6.03 Å². The van der Waals surface area contributed by atoms with Crippen molar-refractivity contribution in [3.63, 3.8) is 0 Å². The van der Waals surface area contributed by atoms with Gasteiger partial charge in [0, 0.05) is 24.9 Å². The van der Waals surface area contributed by atoms with Crippen LogP contribution in [0, 0.1) is 6.92 Å². The summed E-state index contributed by atoms with van der Waals surface area (Å²) in [6.07, 6.45) is 1.75. The van der Waals surface area contributed by atoms with Gasteiger partial charge in [-0.1, -0.05) is 11.2 Å². The summed E-state index contributed by atoms with van der Waals surface area (Å²) in [5.74, 6) is 1.58. The van der Waals surface area contributed by atoms with E-state index in [4.69, 9.17) is 9.26 Å². The molecular formula is C14H18N4O3. The van der Waals surface area contributed by atoms with Gasteiger partial charge in [0.25, 0.3) is 0 Å². The Kier molecular flexibility index (Phi) is 4.76. The highest BCUT2D eigenvalue weighted by Crippen LogP contribution is 2.10. The van der Waals surface area contributed by atoms with Crippen LogP contribution in [0.4, 0.5) is 10.6 Å². The number of urea groups is 1. The summed E-state index contributed by atoms with van der Waals surface area (Å²) >= 11 is 0. The van der Waals surface area contributed by atoms with Crippen molar-refractivity contribution < 1.29 is 14.1 Å². The Balaban J connectivity index is 1.81. The average Bonchev–Trinajstić information content (AvgIpc) is 2.83. The molecule has 2 rings (SSSR count). The summed E-state index contributed by atoms with van der Waals surface area (Å²) < 4.78 is 10.3. The van der Waals surface area contributed by atoms with Gasteiger partial charge in [0.1, 0.15) is 5.76 Å². The van der Waals surface area contributed by atoms with Crippen molar-refractivity contribution in [1.29, 1.82) is 0 Å². The molecular weight excluding hydrogens is 272 g/mol. The van der Waals surface area contributed by atoms with E-state index in [1.807, 2.05) is 19.9 Å². The summed E-state index contributed by atoms with van der Waals surface area (Å²) in [4.78, 5) is 15.8. The number of nitrogens with zero attached hydrogens (tertiary/aromatic N) is 2.